The minimum absolute atomic E-state index is 0.801. The first-order valence-electron chi connectivity index (χ1n) is 8.42. The van der Waals surface area contributed by atoms with E-state index in [1.54, 1.807) is 11.8 Å². The third-order valence-electron chi connectivity index (χ3n) is 4.38. The highest BCUT2D eigenvalue weighted by molar-refractivity contribution is 7.98. The van der Waals surface area contributed by atoms with Gasteiger partial charge in [0.2, 0.25) is 0 Å². The third kappa shape index (κ3) is 5.11. The Labute approximate surface area is 164 Å². The number of halogens is 1. The lowest BCUT2D eigenvalue weighted by Crippen LogP contribution is -3.13. The van der Waals surface area contributed by atoms with Crippen LogP contribution in [0.25, 0.3) is 0 Å². The zero-order chi connectivity index (χ0) is 17.6. The molecule has 0 spiro atoms. The standard InChI is InChI=1S/C19H22ClN3S2/c1-25-17-8-4-7-16(12-17)21-19(24)23-11-5-10-22(14-23)13-15-6-2-3-9-18(15)20/h2-4,6-9,12H,5,10-11,13-14H2,1H3,(H,21,24)/p+1. The van der Waals surface area contributed by atoms with Crippen molar-refractivity contribution in [2.75, 3.05) is 31.3 Å². The minimum Gasteiger partial charge on any atom is -0.332 e. The zero-order valence-electron chi connectivity index (χ0n) is 14.3. The molecule has 0 radical (unpaired) electrons. The van der Waals surface area contributed by atoms with E-state index in [4.69, 9.17) is 23.8 Å². The van der Waals surface area contributed by atoms with Crippen molar-refractivity contribution in [2.24, 2.45) is 0 Å². The Kier molecular flexibility index (Phi) is 6.59. The molecule has 0 saturated carbocycles. The molecule has 132 valence electrons. The Balaban J connectivity index is 1.60. The highest BCUT2D eigenvalue weighted by Crippen LogP contribution is 2.19. The predicted molar refractivity (Wildman–Crippen MR) is 112 cm³/mol. The van der Waals surface area contributed by atoms with Gasteiger partial charge >= 0.3 is 0 Å². The molecular weight excluding hydrogens is 370 g/mol. The molecule has 3 rings (SSSR count). The topological polar surface area (TPSA) is 19.7 Å². The monoisotopic (exact) mass is 392 g/mol. The molecule has 0 aromatic heterocycles. The normalized spacial score (nSPS) is 17.4. The Bertz CT molecular complexity index is 738. The van der Waals surface area contributed by atoms with E-state index < -0.39 is 0 Å². The lowest BCUT2D eigenvalue weighted by molar-refractivity contribution is -0.927. The molecule has 2 aromatic rings. The van der Waals surface area contributed by atoms with E-state index in [2.05, 4.69) is 46.8 Å². The van der Waals surface area contributed by atoms with Crippen molar-refractivity contribution in [1.29, 1.82) is 0 Å². The fraction of sp³-hybridized carbons (Fsp3) is 0.316. The maximum absolute atomic E-state index is 6.31. The third-order valence-corrected chi connectivity index (χ3v) is 5.83. The predicted octanol–water partition coefficient (Wildman–Crippen LogP) is 3.51. The van der Waals surface area contributed by atoms with Gasteiger partial charge < -0.3 is 15.1 Å². The number of benzene rings is 2. The summed E-state index contributed by atoms with van der Waals surface area (Å²) in [5.74, 6) is 0. The molecule has 1 aliphatic heterocycles. The molecule has 1 aliphatic rings. The maximum atomic E-state index is 6.31. The number of thioether (sulfide) groups is 1. The van der Waals surface area contributed by atoms with Crippen molar-refractivity contribution in [3.63, 3.8) is 0 Å². The SMILES string of the molecule is CSc1cccc(NC(=S)N2CCC[NH+](Cc3ccccc3Cl)C2)c1. The molecule has 1 saturated heterocycles. The Morgan fingerprint density at radius 3 is 2.92 bits per heavy atom. The van der Waals surface area contributed by atoms with Crippen molar-refractivity contribution in [2.45, 2.75) is 17.9 Å². The van der Waals surface area contributed by atoms with Gasteiger partial charge in [0.15, 0.2) is 11.8 Å². The molecule has 1 heterocycles. The summed E-state index contributed by atoms with van der Waals surface area (Å²) >= 11 is 13.7. The van der Waals surface area contributed by atoms with Gasteiger partial charge in [-0.25, -0.2) is 0 Å². The minimum atomic E-state index is 0.801. The molecule has 2 N–H and O–H groups in total. The van der Waals surface area contributed by atoms with Gasteiger partial charge in [0.05, 0.1) is 6.54 Å². The summed E-state index contributed by atoms with van der Waals surface area (Å²) in [4.78, 5) is 4.98. The van der Waals surface area contributed by atoms with Crippen molar-refractivity contribution < 1.29 is 4.90 Å². The number of nitrogens with one attached hydrogen (secondary N) is 2. The summed E-state index contributed by atoms with van der Waals surface area (Å²) in [7, 11) is 0. The van der Waals surface area contributed by atoms with Gasteiger partial charge in [-0.1, -0.05) is 35.9 Å². The first kappa shape index (κ1) is 18.5. The summed E-state index contributed by atoms with van der Waals surface area (Å²) in [6.45, 7) is 3.98. The highest BCUT2D eigenvalue weighted by atomic mass is 35.5. The van der Waals surface area contributed by atoms with Crippen LogP contribution in [0.5, 0.6) is 0 Å². The summed E-state index contributed by atoms with van der Waals surface area (Å²) < 4.78 is 0. The van der Waals surface area contributed by atoms with Crippen LogP contribution < -0.4 is 10.2 Å². The first-order chi connectivity index (χ1) is 12.2. The number of quaternary nitrogens is 1. The summed E-state index contributed by atoms with van der Waals surface area (Å²) in [5.41, 5.74) is 2.25. The molecule has 25 heavy (non-hydrogen) atoms. The zero-order valence-corrected chi connectivity index (χ0v) is 16.7. The molecule has 1 fully saturated rings. The lowest BCUT2D eigenvalue weighted by Gasteiger charge is -2.34. The van der Waals surface area contributed by atoms with Crippen molar-refractivity contribution in [3.05, 3.63) is 59.1 Å². The highest BCUT2D eigenvalue weighted by Gasteiger charge is 2.23. The number of anilines is 1. The smallest absolute Gasteiger partial charge is 0.177 e. The molecule has 6 heteroatoms. The van der Waals surface area contributed by atoms with Crippen LogP contribution in [0.3, 0.4) is 0 Å². The van der Waals surface area contributed by atoms with Crippen LogP contribution >= 0.6 is 35.6 Å². The van der Waals surface area contributed by atoms with Crippen molar-refractivity contribution >= 4 is 46.4 Å². The van der Waals surface area contributed by atoms with E-state index in [0.717, 1.165) is 48.5 Å². The first-order valence-corrected chi connectivity index (χ1v) is 10.4. The average molecular weight is 393 g/mol. The van der Waals surface area contributed by atoms with Gasteiger partial charge in [-0.3, -0.25) is 0 Å². The molecule has 0 aliphatic carbocycles. The number of rotatable bonds is 4. The number of hydrogen-bond donors (Lipinski definition) is 2. The number of thiocarbonyl (C=S) groups is 1. The fourth-order valence-corrected chi connectivity index (χ4v) is 4.02. The number of hydrogen-bond acceptors (Lipinski definition) is 2. The van der Waals surface area contributed by atoms with E-state index in [9.17, 15) is 0 Å². The Morgan fingerprint density at radius 2 is 2.12 bits per heavy atom. The van der Waals surface area contributed by atoms with Crippen LogP contribution in [0.1, 0.15) is 12.0 Å². The molecule has 2 aromatic carbocycles. The fourth-order valence-electron chi connectivity index (χ4n) is 3.08. The van der Waals surface area contributed by atoms with E-state index in [1.807, 2.05) is 18.2 Å². The number of nitrogens with zero attached hydrogens (tertiary/aromatic N) is 1. The quantitative estimate of drug-likeness (QED) is 0.612. The van der Waals surface area contributed by atoms with Gasteiger partial charge in [0.1, 0.15) is 6.54 Å². The largest absolute Gasteiger partial charge is 0.332 e. The van der Waals surface area contributed by atoms with Gasteiger partial charge in [-0.2, -0.15) is 0 Å². The molecular formula is C19H23ClN3S2+. The molecule has 0 amide bonds. The van der Waals surface area contributed by atoms with E-state index in [0.29, 0.717) is 0 Å². The molecule has 0 bridgehead atoms. The van der Waals surface area contributed by atoms with Crippen LogP contribution in [-0.2, 0) is 6.54 Å². The van der Waals surface area contributed by atoms with Crippen LogP contribution in [0.4, 0.5) is 5.69 Å². The average Bonchev–Trinajstić information content (AvgIpc) is 2.64. The second kappa shape index (κ2) is 8.90. The maximum Gasteiger partial charge on any atom is 0.177 e. The Hall–Kier alpha value is -1.27. The van der Waals surface area contributed by atoms with Gasteiger partial charge in [0, 0.05) is 34.1 Å². The van der Waals surface area contributed by atoms with Gasteiger partial charge in [-0.15, -0.1) is 11.8 Å². The van der Waals surface area contributed by atoms with Crippen LogP contribution in [-0.4, -0.2) is 36.0 Å². The van der Waals surface area contributed by atoms with Gasteiger partial charge in [0.25, 0.3) is 0 Å². The molecule has 1 atom stereocenters. The summed E-state index contributed by atoms with van der Waals surface area (Å²) in [6.07, 6.45) is 3.21. The van der Waals surface area contributed by atoms with Gasteiger partial charge in [-0.05, 0) is 42.7 Å². The van der Waals surface area contributed by atoms with Crippen LogP contribution in [0.2, 0.25) is 5.02 Å². The van der Waals surface area contributed by atoms with E-state index in [-0.39, 0.29) is 0 Å². The molecule has 1 unspecified atom stereocenters. The van der Waals surface area contributed by atoms with E-state index in [1.165, 1.54) is 15.4 Å². The van der Waals surface area contributed by atoms with Crippen LogP contribution in [0.15, 0.2) is 53.4 Å². The van der Waals surface area contributed by atoms with Crippen LogP contribution in [0, 0.1) is 0 Å². The Morgan fingerprint density at radius 1 is 1.28 bits per heavy atom. The van der Waals surface area contributed by atoms with Crippen molar-refractivity contribution in [3.8, 4) is 0 Å². The summed E-state index contributed by atoms with van der Waals surface area (Å²) in [6, 6.07) is 16.5. The second-order valence-electron chi connectivity index (χ2n) is 6.21. The lowest BCUT2D eigenvalue weighted by atomic mass is 10.2. The van der Waals surface area contributed by atoms with E-state index >= 15 is 0 Å². The summed E-state index contributed by atoms with van der Waals surface area (Å²) in [5, 5.41) is 5.04. The second-order valence-corrected chi connectivity index (χ2v) is 7.88. The van der Waals surface area contributed by atoms with Crippen molar-refractivity contribution in [1.82, 2.24) is 4.90 Å². The molecule has 3 nitrogen and oxygen atoms in total.